The number of ether oxygens (including phenoxy) is 1. The maximum absolute atomic E-state index is 13.9. The monoisotopic (exact) mass is 507 g/mol. The molecule has 0 unspecified atom stereocenters. The first-order valence-electron chi connectivity index (χ1n) is 13.4. The van der Waals surface area contributed by atoms with Crippen molar-refractivity contribution in [1.29, 1.82) is 0 Å². The van der Waals surface area contributed by atoms with Crippen molar-refractivity contribution < 1.29 is 14.3 Å². The molecule has 4 aromatic rings. The number of amides is 2. The molecule has 6 rings (SSSR count). The van der Waals surface area contributed by atoms with Gasteiger partial charge in [-0.2, -0.15) is 0 Å². The largest absolute Gasteiger partial charge is 0.497 e. The Labute approximate surface area is 223 Å². The van der Waals surface area contributed by atoms with Gasteiger partial charge in [0.05, 0.1) is 19.7 Å². The molecule has 1 saturated heterocycles. The molecule has 38 heavy (non-hydrogen) atoms. The number of hydrogen-bond acceptors (Lipinski definition) is 3. The van der Waals surface area contributed by atoms with Crippen LogP contribution in [0.3, 0.4) is 0 Å². The third kappa shape index (κ3) is 4.14. The van der Waals surface area contributed by atoms with E-state index in [9.17, 15) is 9.59 Å². The Hall–Kier alpha value is -4.06. The highest BCUT2D eigenvalue weighted by Crippen LogP contribution is 2.42. The van der Waals surface area contributed by atoms with Crippen molar-refractivity contribution in [3.05, 3.63) is 101 Å². The minimum atomic E-state index is -0.520. The number of nitrogens with zero attached hydrogens (tertiary/aromatic N) is 2. The lowest BCUT2D eigenvalue weighted by atomic mass is 9.85. The molecule has 194 valence electrons. The second-order valence-corrected chi connectivity index (χ2v) is 10.7. The molecule has 3 aromatic carbocycles. The lowest BCUT2D eigenvalue weighted by Gasteiger charge is -2.47. The molecule has 1 aromatic heterocycles. The van der Waals surface area contributed by atoms with Crippen molar-refractivity contribution in [3.8, 4) is 5.75 Å². The van der Waals surface area contributed by atoms with Gasteiger partial charge in [-0.15, -0.1) is 0 Å². The predicted octanol–water partition coefficient (Wildman–Crippen LogP) is 5.23. The van der Waals surface area contributed by atoms with Crippen LogP contribution in [0.2, 0.25) is 0 Å². The van der Waals surface area contributed by atoms with Gasteiger partial charge in [0, 0.05) is 29.6 Å². The maximum Gasteiger partial charge on any atom is 0.246 e. The Balaban J connectivity index is 1.35. The van der Waals surface area contributed by atoms with Crippen molar-refractivity contribution in [2.45, 2.75) is 44.7 Å². The minimum Gasteiger partial charge on any atom is -0.497 e. The molecule has 0 spiro atoms. The van der Waals surface area contributed by atoms with Crippen molar-refractivity contribution >= 4 is 22.7 Å². The lowest BCUT2D eigenvalue weighted by molar-refractivity contribution is -0.158. The fourth-order valence-electron chi connectivity index (χ4n) is 5.98. The van der Waals surface area contributed by atoms with Crippen LogP contribution in [0.25, 0.3) is 10.9 Å². The molecular formula is C32H33N3O3. The van der Waals surface area contributed by atoms with E-state index in [4.69, 9.17) is 4.74 Å². The van der Waals surface area contributed by atoms with E-state index in [1.54, 1.807) is 12.0 Å². The molecule has 1 N–H and O–H groups in total. The lowest BCUT2D eigenvalue weighted by Crippen LogP contribution is -2.63. The van der Waals surface area contributed by atoms with Gasteiger partial charge >= 0.3 is 0 Å². The minimum absolute atomic E-state index is 0.00780. The molecule has 3 heterocycles. The summed E-state index contributed by atoms with van der Waals surface area (Å²) in [6, 6.07) is 23.8. The van der Waals surface area contributed by atoms with Crippen molar-refractivity contribution in [2.24, 2.45) is 0 Å². The third-order valence-electron chi connectivity index (χ3n) is 8.09. The summed E-state index contributed by atoms with van der Waals surface area (Å²) >= 11 is 0. The number of rotatable bonds is 6. The van der Waals surface area contributed by atoms with Gasteiger partial charge in [-0.25, -0.2) is 0 Å². The van der Waals surface area contributed by atoms with Gasteiger partial charge in [0.1, 0.15) is 11.8 Å². The molecule has 0 radical (unpaired) electrons. The molecular weight excluding hydrogens is 474 g/mol. The number of nitrogens with one attached hydrogen (secondary N) is 1. The topological polar surface area (TPSA) is 65.6 Å². The fraction of sp³-hybridized carbons (Fsp3) is 0.312. The Morgan fingerprint density at radius 2 is 1.71 bits per heavy atom. The Bertz CT molecular complexity index is 1490. The standard InChI is InChI=1S/C32H33N3O3/c1-20(2)22-10-12-23(13-11-22)31-30-26(25-6-4-5-7-27(25)33-30)18-28-32(37)34(19-29(36)35(28)31)17-16-21-8-14-24(38-3)15-9-21/h4-15,20,28,31,33H,16-19H2,1-3H3/t28-,31+/m0/s1. The molecule has 2 aliphatic rings. The van der Waals surface area contributed by atoms with Gasteiger partial charge in [-0.3, -0.25) is 9.59 Å². The van der Waals surface area contributed by atoms with Crippen LogP contribution in [-0.2, 0) is 22.4 Å². The highest BCUT2D eigenvalue weighted by Gasteiger charge is 2.48. The van der Waals surface area contributed by atoms with Crippen LogP contribution in [0.15, 0.2) is 72.8 Å². The first kappa shape index (κ1) is 24.3. The van der Waals surface area contributed by atoms with Crippen molar-refractivity contribution in [2.75, 3.05) is 20.2 Å². The second-order valence-electron chi connectivity index (χ2n) is 10.7. The summed E-state index contributed by atoms with van der Waals surface area (Å²) in [7, 11) is 1.65. The number of carbonyl (C=O) groups excluding carboxylic acids is 2. The van der Waals surface area contributed by atoms with Crippen LogP contribution in [0.1, 0.15) is 53.8 Å². The summed E-state index contributed by atoms with van der Waals surface area (Å²) in [5.74, 6) is 1.24. The average Bonchev–Trinajstić information content (AvgIpc) is 3.32. The Kier molecular flexibility index (Phi) is 6.18. The van der Waals surface area contributed by atoms with Gasteiger partial charge in [0.25, 0.3) is 0 Å². The normalized spacial score (nSPS) is 19.2. The SMILES string of the molecule is COc1ccc(CCN2CC(=O)N3[C@H](c4ccc(C(C)C)cc4)c4[nH]c5ccccc5c4C[C@H]3C2=O)cc1. The smallest absolute Gasteiger partial charge is 0.246 e. The molecule has 6 heteroatoms. The molecule has 0 saturated carbocycles. The first-order chi connectivity index (χ1) is 18.4. The van der Waals surface area contributed by atoms with E-state index in [-0.39, 0.29) is 24.4 Å². The molecule has 0 aliphatic carbocycles. The average molecular weight is 508 g/mol. The van der Waals surface area contributed by atoms with E-state index in [2.05, 4.69) is 55.2 Å². The highest BCUT2D eigenvalue weighted by molar-refractivity contribution is 5.97. The fourth-order valence-corrected chi connectivity index (χ4v) is 5.98. The van der Waals surface area contributed by atoms with E-state index in [1.165, 1.54) is 5.56 Å². The number of carbonyl (C=O) groups is 2. The van der Waals surface area contributed by atoms with Crippen molar-refractivity contribution in [3.63, 3.8) is 0 Å². The van der Waals surface area contributed by atoms with Crippen LogP contribution >= 0.6 is 0 Å². The zero-order chi connectivity index (χ0) is 26.4. The van der Waals surface area contributed by atoms with E-state index >= 15 is 0 Å². The summed E-state index contributed by atoms with van der Waals surface area (Å²) in [6.45, 7) is 4.96. The third-order valence-corrected chi connectivity index (χ3v) is 8.09. The summed E-state index contributed by atoms with van der Waals surface area (Å²) in [5, 5.41) is 1.13. The van der Waals surface area contributed by atoms with Crippen molar-refractivity contribution in [1.82, 2.24) is 14.8 Å². The summed E-state index contributed by atoms with van der Waals surface area (Å²) < 4.78 is 5.25. The van der Waals surface area contributed by atoms with E-state index in [0.29, 0.717) is 25.3 Å². The van der Waals surface area contributed by atoms with Gasteiger partial charge in [-0.1, -0.05) is 68.4 Å². The van der Waals surface area contributed by atoms with Crippen LogP contribution in [-0.4, -0.2) is 52.8 Å². The number of aromatic amines is 1. The number of fused-ring (bicyclic) bond motifs is 4. The second kappa shape index (κ2) is 9.67. The summed E-state index contributed by atoms with van der Waals surface area (Å²) in [5.41, 5.74) is 6.59. The number of benzene rings is 3. The maximum atomic E-state index is 13.9. The van der Waals surface area contributed by atoms with Gasteiger partial charge < -0.3 is 19.5 Å². The van der Waals surface area contributed by atoms with Crippen LogP contribution in [0.4, 0.5) is 0 Å². The molecule has 2 atom stereocenters. The number of H-pyrrole nitrogens is 1. The summed E-state index contributed by atoms with van der Waals surface area (Å²) in [6.07, 6.45) is 1.21. The molecule has 6 nitrogen and oxygen atoms in total. The van der Waals surface area contributed by atoms with E-state index < -0.39 is 6.04 Å². The predicted molar refractivity (Wildman–Crippen MR) is 148 cm³/mol. The number of aromatic nitrogens is 1. The van der Waals surface area contributed by atoms with Crippen LogP contribution in [0.5, 0.6) is 5.75 Å². The van der Waals surface area contributed by atoms with E-state index in [0.717, 1.165) is 39.0 Å². The van der Waals surface area contributed by atoms with Gasteiger partial charge in [0.2, 0.25) is 11.8 Å². The quantitative estimate of drug-likeness (QED) is 0.389. The molecule has 2 amide bonds. The van der Waals surface area contributed by atoms with Gasteiger partial charge in [-0.05, 0) is 52.8 Å². The summed E-state index contributed by atoms with van der Waals surface area (Å²) in [4.78, 5) is 34.9. The Morgan fingerprint density at radius 3 is 2.42 bits per heavy atom. The number of methoxy groups -OCH3 is 1. The van der Waals surface area contributed by atoms with E-state index in [1.807, 2.05) is 41.3 Å². The van der Waals surface area contributed by atoms with Crippen LogP contribution in [0, 0.1) is 0 Å². The number of piperazine rings is 1. The number of hydrogen-bond donors (Lipinski definition) is 1. The highest BCUT2D eigenvalue weighted by atomic mass is 16.5. The number of para-hydroxylation sites is 1. The Morgan fingerprint density at radius 1 is 0.974 bits per heavy atom. The van der Waals surface area contributed by atoms with Gasteiger partial charge in [0.15, 0.2) is 0 Å². The van der Waals surface area contributed by atoms with Crippen LogP contribution < -0.4 is 4.74 Å². The zero-order valence-corrected chi connectivity index (χ0v) is 22.1. The molecule has 2 aliphatic heterocycles. The molecule has 1 fully saturated rings. The first-order valence-corrected chi connectivity index (χ1v) is 13.4. The molecule has 0 bridgehead atoms. The zero-order valence-electron chi connectivity index (χ0n) is 22.1.